The summed E-state index contributed by atoms with van der Waals surface area (Å²) in [7, 11) is -0.575. The molecular formula is C34H38FeP2Si. The first kappa shape index (κ1) is 32.7. The van der Waals surface area contributed by atoms with Crippen molar-refractivity contribution < 1.29 is 17.1 Å². The number of hydrogen-bond acceptors (Lipinski definition) is 0. The molecule has 0 saturated heterocycles. The van der Waals surface area contributed by atoms with Gasteiger partial charge in [-0.15, -0.1) is 0 Å². The summed E-state index contributed by atoms with van der Waals surface area (Å²) in [6.45, 7) is 6.81. The minimum absolute atomic E-state index is 0. The number of hydrogen-bond donors (Lipinski definition) is 0. The summed E-state index contributed by atoms with van der Waals surface area (Å²) in [4.78, 5) is 0. The molecule has 196 valence electrons. The zero-order valence-corrected chi connectivity index (χ0v) is 26.5. The van der Waals surface area contributed by atoms with Gasteiger partial charge in [-0.05, 0) is 81.5 Å². The van der Waals surface area contributed by atoms with Gasteiger partial charge in [0.25, 0.3) is 0 Å². The van der Waals surface area contributed by atoms with Crippen molar-refractivity contribution in [3.63, 3.8) is 0 Å². The van der Waals surface area contributed by atoms with E-state index in [1.54, 1.807) is 0 Å². The van der Waals surface area contributed by atoms with E-state index in [-0.39, 0.29) is 41.7 Å². The van der Waals surface area contributed by atoms with Gasteiger partial charge in [0.1, 0.15) is 0 Å². The summed E-state index contributed by atoms with van der Waals surface area (Å²) in [5.41, 5.74) is 0. The Bertz CT molecular complexity index is 916. The molecule has 0 spiro atoms. The van der Waals surface area contributed by atoms with Crippen molar-refractivity contribution in [2.75, 3.05) is 12.3 Å². The minimum atomic E-state index is -0.348. The van der Waals surface area contributed by atoms with E-state index in [4.69, 9.17) is 0 Å². The van der Waals surface area contributed by atoms with Crippen molar-refractivity contribution >= 4 is 45.9 Å². The van der Waals surface area contributed by atoms with Crippen molar-refractivity contribution in [2.24, 2.45) is 0 Å². The Labute approximate surface area is 247 Å². The molecule has 1 saturated carbocycles. The molecule has 1 aliphatic rings. The zero-order valence-electron chi connectivity index (χ0n) is 22.6. The molecule has 1 aliphatic carbocycles. The van der Waals surface area contributed by atoms with E-state index in [9.17, 15) is 0 Å². The van der Waals surface area contributed by atoms with Crippen LogP contribution in [0.25, 0.3) is 0 Å². The van der Waals surface area contributed by atoms with Gasteiger partial charge in [-0.2, -0.15) is 0 Å². The Morgan fingerprint density at radius 3 is 0.763 bits per heavy atom. The Kier molecular flexibility index (Phi) is 16.8. The molecule has 4 heteroatoms. The van der Waals surface area contributed by atoms with Gasteiger partial charge in [-0.25, -0.2) is 0 Å². The molecule has 0 heterocycles. The third-order valence-corrected chi connectivity index (χ3v) is 10.8. The van der Waals surface area contributed by atoms with Crippen LogP contribution in [0.15, 0.2) is 121 Å². The van der Waals surface area contributed by atoms with Gasteiger partial charge < -0.3 is 0 Å². The SMILES string of the molecule is C[Si](C)C.[CH]1[CH][CH][CH][CH]1.[Fe].c1ccc(P(CCP(c2ccccc2)c2ccccc2)c2ccccc2)cc1. The Hall–Kier alpha value is -1.52. The van der Waals surface area contributed by atoms with Crippen molar-refractivity contribution in [3.05, 3.63) is 153 Å². The van der Waals surface area contributed by atoms with E-state index in [1.165, 1.54) is 33.5 Å². The predicted octanol–water partition coefficient (Wildman–Crippen LogP) is 7.64. The summed E-state index contributed by atoms with van der Waals surface area (Å²) in [6.07, 6.45) is 12.4. The zero-order chi connectivity index (χ0) is 26.1. The second kappa shape index (κ2) is 19.5. The van der Waals surface area contributed by atoms with Gasteiger partial charge in [0.15, 0.2) is 0 Å². The van der Waals surface area contributed by atoms with Gasteiger partial charge in [0.2, 0.25) is 0 Å². The number of benzene rings is 4. The van der Waals surface area contributed by atoms with Crippen molar-refractivity contribution in [1.29, 1.82) is 0 Å². The van der Waals surface area contributed by atoms with E-state index >= 15 is 0 Å². The number of rotatable bonds is 7. The summed E-state index contributed by atoms with van der Waals surface area (Å²) < 4.78 is 0. The summed E-state index contributed by atoms with van der Waals surface area (Å²) in [6, 6.07) is 44.2. The fraction of sp³-hybridized carbons (Fsp3) is 0.147. The summed E-state index contributed by atoms with van der Waals surface area (Å²) >= 11 is 0. The predicted molar refractivity (Wildman–Crippen MR) is 173 cm³/mol. The van der Waals surface area contributed by atoms with Crippen molar-refractivity contribution in [2.45, 2.75) is 19.6 Å². The van der Waals surface area contributed by atoms with E-state index in [2.05, 4.69) is 141 Å². The second-order valence-corrected chi connectivity index (χ2v) is 16.8. The quantitative estimate of drug-likeness (QED) is 0.153. The molecular weight excluding hydrogens is 554 g/mol. The third-order valence-electron chi connectivity index (χ3n) is 5.37. The topological polar surface area (TPSA) is 0 Å². The Morgan fingerprint density at radius 1 is 0.395 bits per heavy atom. The molecule has 0 unspecified atom stereocenters. The van der Waals surface area contributed by atoms with Gasteiger partial charge in [0, 0.05) is 25.9 Å². The van der Waals surface area contributed by atoms with Crippen LogP contribution in [-0.2, 0) is 17.1 Å². The maximum absolute atomic E-state index is 2.30. The van der Waals surface area contributed by atoms with E-state index in [0.717, 1.165) is 0 Å². The van der Waals surface area contributed by atoms with Gasteiger partial charge in [-0.3, -0.25) is 0 Å². The molecule has 0 bridgehead atoms. The molecule has 0 N–H and O–H groups in total. The van der Waals surface area contributed by atoms with Crippen LogP contribution in [0.4, 0.5) is 0 Å². The molecule has 4 aromatic rings. The second-order valence-electron chi connectivity index (χ2n) is 9.11. The summed E-state index contributed by atoms with van der Waals surface area (Å²) in [5, 5.41) is 5.89. The van der Waals surface area contributed by atoms with Crippen molar-refractivity contribution in [1.82, 2.24) is 0 Å². The molecule has 0 aliphatic heterocycles. The standard InChI is InChI=1S/C26H24P2.C5H5.C3H9Si.Fe/c1-5-13-23(14-6-1)27(24-15-7-2-8-16-24)21-22-28(25-17-9-3-10-18-25)26-19-11-4-12-20-26;1-2-4-5-3-1;1-4(2)3;/h1-20H,21-22H2;1-5H;1-3H3;. The van der Waals surface area contributed by atoms with Crippen LogP contribution in [-0.4, -0.2) is 21.1 Å². The summed E-state index contributed by atoms with van der Waals surface area (Å²) in [5.74, 6) is 0. The van der Waals surface area contributed by atoms with Gasteiger partial charge >= 0.3 is 0 Å². The molecule has 1 fully saturated rings. The van der Waals surface area contributed by atoms with Crippen LogP contribution in [0.2, 0.25) is 19.6 Å². The first-order valence-electron chi connectivity index (χ1n) is 12.8. The Morgan fingerprint density at radius 2 is 0.579 bits per heavy atom. The fourth-order valence-corrected chi connectivity index (χ4v) is 9.12. The average molecular weight is 593 g/mol. The van der Waals surface area contributed by atoms with Crippen LogP contribution >= 0.6 is 15.8 Å². The maximum atomic E-state index is 2.30. The van der Waals surface area contributed by atoms with Crippen LogP contribution in [0.5, 0.6) is 0 Å². The van der Waals surface area contributed by atoms with E-state index in [1.807, 2.05) is 32.1 Å². The largest absolute Gasteiger partial charge is 0.0715 e. The molecule has 0 atom stereocenters. The molecule has 38 heavy (non-hydrogen) atoms. The molecule has 4 aromatic carbocycles. The van der Waals surface area contributed by atoms with Gasteiger partial charge in [-0.1, -0.05) is 141 Å². The normalized spacial score (nSPS) is 12.3. The van der Waals surface area contributed by atoms with Crippen LogP contribution in [0, 0.1) is 32.1 Å². The van der Waals surface area contributed by atoms with Crippen molar-refractivity contribution in [3.8, 4) is 0 Å². The molecule has 0 aromatic heterocycles. The first-order valence-corrected chi connectivity index (χ1v) is 18.9. The molecule has 0 nitrogen and oxygen atoms in total. The molecule has 0 amide bonds. The van der Waals surface area contributed by atoms with Crippen LogP contribution in [0.1, 0.15) is 0 Å². The first-order chi connectivity index (χ1) is 18.1. The van der Waals surface area contributed by atoms with Crippen LogP contribution < -0.4 is 21.2 Å². The molecule has 5 rings (SSSR count). The Balaban J connectivity index is 0.000000434. The minimum Gasteiger partial charge on any atom is -0.0715 e. The molecule has 6 radical (unpaired) electrons. The third kappa shape index (κ3) is 12.1. The smallest absolute Gasteiger partial charge is 0.0379 e. The van der Waals surface area contributed by atoms with E-state index < -0.39 is 0 Å². The average Bonchev–Trinajstić information content (AvgIpc) is 3.54. The fourth-order valence-electron chi connectivity index (χ4n) is 3.77. The van der Waals surface area contributed by atoms with E-state index in [0.29, 0.717) is 0 Å². The van der Waals surface area contributed by atoms with Gasteiger partial charge in [0.05, 0.1) is 0 Å². The maximum Gasteiger partial charge on any atom is 0.0379 e. The van der Waals surface area contributed by atoms with Crippen LogP contribution in [0.3, 0.4) is 0 Å². The monoisotopic (exact) mass is 592 g/mol.